The SMILES string of the molecule is O=C(NN1C(=O)/C(=C/C2=Cc3ccccc3OC2)SC1=S)c1cccnc1. The zero-order valence-corrected chi connectivity index (χ0v) is 15.5. The molecule has 0 unspecified atom stereocenters. The Morgan fingerprint density at radius 1 is 1.30 bits per heavy atom. The maximum Gasteiger partial charge on any atom is 0.285 e. The largest absolute Gasteiger partial charge is 0.488 e. The summed E-state index contributed by atoms with van der Waals surface area (Å²) in [6.07, 6.45) is 6.70. The first-order valence-electron chi connectivity index (χ1n) is 8.03. The number of nitrogens with one attached hydrogen (secondary N) is 1. The molecule has 1 aromatic heterocycles. The number of carbonyl (C=O) groups excluding carboxylic acids is 2. The van der Waals surface area contributed by atoms with Crippen molar-refractivity contribution in [3.63, 3.8) is 0 Å². The zero-order chi connectivity index (χ0) is 18.8. The molecule has 0 aliphatic carbocycles. The molecule has 1 saturated heterocycles. The van der Waals surface area contributed by atoms with E-state index in [1.165, 1.54) is 6.20 Å². The van der Waals surface area contributed by atoms with Crippen molar-refractivity contribution in [2.75, 3.05) is 6.61 Å². The third-order valence-corrected chi connectivity index (χ3v) is 5.20. The Kier molecular flexibility index (Phi) is 4.74. The van der Waals surface area contributed by atoms with Crippen molar-refractivity contribution in [1.82, 2.24) is 15.4 Å². The molecule has 0 saturated carbocycles. The number of thioether (sulfide) groups is 1. The Hall–Kier alpha value is -2.97. The number of hydrazine groups is 1. The van der Waals surface area contributed by atoms with E-state index < -0.39 is 5.91 Å². The van der Waals surface area contributed by atoms with Gasteiger partial charge in [-0.05, 0) is 48.1 Å². The fourth-order valence-corrected chi connectivity index (χ4v) is 3.81. The van der Waals surface area contributed by atoms with E-state index in [4.69, 9.17) is 17.0 Å². The van der Waals surface area contributed by atoms with E-state index in [-0.39, 0.29) is 10.2 Å². The van der Waals surface area contributed by atoms with E-state index in [9.17, 15) is 9.59 Å². The van der Waals surface area contributed by atoms with Crippen molar-refractivity contribution in [3.05, 3.63) is 76.5 Å². The molecule has 3 heterocycles. The van der Waals surface area contributed by atoms with Crippen LogP contribution in [0.3, 0.4) is 0 Å². The lowest BCUT2D eigenvalue weighted by atomic mass is 10.1. The van der Waals surface area contributed by atoms with E-state index in [0.29, 0.717) is 17.1 Å². The molecule has 1 aromatic carbocycles. The fraction of sp³-hybridized carbons (Fsp3) is 0.0526. The summed E-state index contributed by atoms with van der Waals surface area (Å²) in [7, 11) is 0. The van der Waals surface area contributed by atoms with Crippen LogP contribution in [0.4, 0.5) is 0 Å². The first-order valence-corrected chi connectivity index (χ1v) is 9.26. The first kappa shape index (κ1) is 17.4. The molecule has 2 aromatic rings. The quantitative estimate of drug-likeness (QED) is 0.636. The van der Waals surface area contributed by atoms with Crippen molar-refractivity contribution >= 4 is 46.2 Å². The number of amides is 2. The molecule has 6 nitrogen and oxygen atoms in total. The Balaban J connectivity index is 1.52. The van der Waals surface area contributed by atoms with Crippen LogP contribution in [0.2, 0.25) is 0 Å². The van der Waals surface area contributed by atoms with Crippen LogP contribution in [0.15, 0.2) is 65.3 Å². The smallest absolute Gasteiger partial charge is 0.285 e. The monoisotopic (exact) mass is 395 g/mol. The molecule has 0 spiro atoms. The molecule has 27 heavy (non-hydrogen) atoms. The molecule has 0 atom stereocenters. The molecule has 4 rings (SSSR count). The normalized spacial score (nSPS) is 17.4. The summed E-state index contributed by atoms with van der Waals surface area (Å²) < 4.78 is 5.97. The van der Waals surface area contributed by atoms with Gasteiger partial charge in [-0.3, -0.25) is 20.0 Å². The molecule has 1 fully saturated rings. The van der Waals surface area contributed by atoms with Crippen LogP contribution in [-0.4, -0.2) is 32.7 Å². The van der Waals surface area contributed by atoms with Gasteiger partial charge in [0.15, 0.2) is 4.32 Å². The number of rotatable bonds is 3. The summed E-state index contributed by atoms with van der Waals surface area (Å²) in [5.74, 6) is -0.0114. The maximum atomic E-state index is 12.7. The third kappa shape index (κ3) is 3.62. The lowest BCUT2D eigenvalue weighted by Gasteiger charge is -2.16. The molecule has 0 radical (unpaired) electrons. The van der Waals surface area contributed by atoms with Gasteiger partial charge >= 0.3 is 0 Å². The number of nitrogens with zero attached hydrogens (tertiary/aromatic N) is 2. The summed E-state index contributed by atoms with van der Waals surface area (Å²) in [5.41, 5.74) is 4.68. The minimum absolute atomic E-state index is 0.265. The zero-order valence-electron chi connectivity index (χ0n) is 13.9. The predicted octanol–water partition coefficient (Wildman–Crippen LogP) is 2.95. The van der Waals surface area contributed by atoms with Crippen LogP contribution in [0.25, 0.3) is 6.08 Å². The molecule has 2 amide bonds. The standard InChI is InChI=1S/C19H13N3O3S2/c23-17(14-5-3-7-20-10-14)21-22-18(24)16(27-19(22)26)9-12-8-13-4-1-2-6-15(13)25-11-12/h1-10H,11H2,(H,21,23)/b16-9-. The van der Waals surface area contributed by atoms with Crippen LogP contribution in [0.5, 0.6) is 5.75 Å². The van der Waals surface area contributed by atoms with Gasteiger partial charge in [-0.25, -0.2) is 0 Å². The van der Waals surface area contributed by atoms with Crippen LogP contribution in [0, 0.1) is 0 Å². The van der Waals surface area contributed by atoms with E-state index in [0.717, 1.165) is 33.7 Å². The van der Waals surface area contributed by atoms with Crippen molar-refractivity contribution in [2.24, 2.45) is 0 Å². The third-order valence-electron chi connectivity index (χ3n) is 3.90. The van der Waals surface area contributed by atoms with Crippen LogP contribution >= 0.6 is 24.0 Å². The summed E-state index contributed by atoms with van der Waals surface area (Å²) in [6, 6.07) is 10.9. The summed E-state index contributed by atoms with van der Waals surface area (Å²) in [5, 5.41) is 1.08. The van der Waals surface area contributed by atoms with Gasteiger partial charge in [-0.2, -0.15) is 5.01 Å². The van der Waals surface area contributed by atoms with Gasteiger partial charge in [-0.1, -0.05) is 30.0 Å². The Morgan fingerprint density at radius 2 is 2.15 bits per heavy atom. The molecular formula is C19H13N3O3S2. The second-order valence-electron chi connectivity index (χ2n) is 5.75. The topological polar surface area (TPSA) is 71.5 Å². The molecule has 134 valence electrons. The van der Waals surface area contributed by atoms with Crippen molar-refractivity contribution in [1.29, 1.82) is 0 Å². The molecule has 0 bridgehead atoms. The Morgan fingerprint density at radius 3 is 2.96 bits per heavy atom. The number of hydrogen-bond donors (Lipinski definition) is 1. The highest BCUT2D eigenvalue weighted by Gasteiger charge is 2.34. The number of aromatic nitrogens is 1. The average molecular weight is 395 g/mol. The van der Waals surface area contributed by atoms with E-state index in [1.807, 2.05) is 30.3 Å². The second-order valence-corrected chi connectivity index (χ2v) is 7.42. The first-order chi connectivity index (χ1) is 13.1. The number of fused-ring (bicyclic) bond motifs is 1. The van der Waals surface area contributed by atoms with Gasteiger partial charge < -0.3 is 4.74 Å². The van der Waals surface area contributed by atoms with Crippen LogP contribution in [0.1, 0.15) is 15.9 Å². The number of ether oxygens (including phenoxy) is 1. The molecular weight excluding hydrogens is 382 g/mol. The molecule has 2 aliphatic rings. The molecule has 1 N–H and O–H groups in total. The number of carbonyl (C=O) groups is 2. The number of benzene rings is 1. The van der Waals surface area contributed by atoms with Crippen LogP contribution in [-0.2, 0) is 4.79 Å². The fourth-order valence-electron chi connectivity index (χ4n) is 2.61. The van der Waals surface area contributed by atoms with Crippen molar-refractivity contribution in [2.45, 2.75) is 0 Å². The summed E-state index contributed by atoms with van der Waals surface area (Å²) >= 11 is 6.38. The van der Waals surface area contributed by atoms with Crippen molar-refractivity contribution in [3.8, 4) is 5.75 Å². The average Bonchev–Trinajstić information content (AvgIpc) is 2.96. The van der Waals surface area contributed by atoms with Gasteiger partial charge in [0.25, 0.3) is 11.8 Å². The summed E-state index contributed by atoms with van der Waals surface area (Å²) in [4.78, 5) is 29.2. The number of hydrogen-bond acceptors (Lipinski definition) is 6. The van der Waals surface area contributed by atoms with Gasteiger partial charge in [0.1, 0.15) is 12.4 Å². The highest BCUT2D eigenvalue weighted by atomic mass is 32.2. The Labute approximate surface area is 164 Å². The number of thiocarbonyl (C=S) groups is 1. The minimum atomic E-state index is -0.449. The highest BCUT2D eigenvalue weighted by molar-refractivity contribution is 8.26. The molecule has 2 aliphatic heterocycles. The second kappa shape index (κ2) is 7.34. The summed E-state index contributed by atoms with van der Waals surface area (Å²) in [6.45, 7) is 0.364. The van der Waals surface area contributed by atoms with Crippen molar-refractivity contribution < 1.29 is 14.3 Å². The lowest BCUT2D eigenvalue weighted by molar-refractivity contribution is -0.123. The van der Waals surface area contributed by atoms with Gasteiger partial charge in [-0.15, -0.1) is 0 Å². The van der Waals surface area contributed by atoms with E-state index >= 15 is 0 Å². The predicted molar refractivity (Wildman–Crippen MR) is 107 cm³/mol. The Bertz CT molecular complexity index is 1000. The number of para-hydroxylation sites is 1. The minimum Gasteiger partial charge on any atom is -0.488 e. The molecule has 8 heteroatoms. The lowest BCUT2D eigenvalue weighted by Crippen LogP contribution is -2.44. The highest BCUT2D eigenvalue weighted by Crippen LogP contribution is 2.33. The maximum absolute atomic E-state index is 12.7. The number of pyridine rings is 1. The van der Waals surface area contributed by atoms with Crippen LogP contribution < -0.4 is 10.2 Å². The van der Waals surface area contributed by atoms with Gasteiger partial charge in [0, 0.05) is 18.0 Å². The van der Waals surface area contributed by atoms with Gasteiger partial charge in [0.2, 0.25) is 0 Å². The van der Waals surface area contributed by atoms with E-state index in [1.54, 1.807) is 24.4 Å². The van der Waals surface area contributed by atoms with E-state index in [2.05, 4.69) is 10.4 Å². The van der Waals surface area contributed by atoms with Gasteiger partial charge in [0.05, 0.1) is 10.5 Å².